The van der Waals surface area contributed by atoms with Crippen LogP contribution in [-0.2, 0) is 0 Å². The molecule has 0 unspecified atom stereocenters. The summed E-state index contributed by atoms with van der Waals surface area (Å²) in [6.07, 6.45) is 3.76. The zero-order valence-corrected chi connectivity index (χ0v) is 9.84. The third-order valence-corrected chi connectivity index (χ3v) is 3.19. The molecule has 1 saturated carbocycles. The van der Waals surface area contributed by atoms with Crippen LogP contribution in [-0.4, -0.2) is 17.4 Å². The highest BCUT2D eigenvalue weighted by atomic mass is 35.5. The lowest BCUT2D eigenvalue weighted by Gasteiger charge is -2.10. The second kappa shape index (κ2) is 3.94. The minimum atomic E-state index is -0.210. The molecule has 0 saturated heterocycles. The van der Waals surface area contributed by atoms with Crippen LogP contribution in [0.4, 0.5) is 5.69 Å². The number of nitrogens with two attached hydrogens (primary N) is 1. The van der Waals surface area contributed by atoms with Crippen LogP contribution in [0, 0.1) is 5.41 Å². The molecule has 1 aromatic heterocycles. The Morgan fingerprint density at radius 1 is 1.69 bits per heavy atom. The Bertz CT molecular complexity index is 429. The quantitative estimate of drug-likeness (QED) is 0.791. The first kappa shape index (κ1) is 11.2. The fourth-order valence-corrected chi connectivity index (χ4v) is 1.59. The first-order valence-electron chi connectivity index (χ1n) is 5.19. The monoisotopic (exact) mass is 239 g/mol. The van der Waals surface area contributed by atoms with E-state index < -0.39 is 0 Å². The lowest BCUT2D eigenvalue weighted by Crippen LogP contribution is -2.29. The summed E-state index contributed by atoms with van der Waals surface area (Å²) in [7, 11) is 0. The van der Waals surface area contributed by atoms with Crippen molar-refractivity contribution < 1.29 is 4.79 Å². The number of rotatable bonds is 3. The van der Waals surface area contributed by atoms with Gasteiger partial charge in [0.2, 0.25) is 0 Å². The molecule has 1 heterocycles. The van der Waals surface area contributed by atoms with Crippen LogP contribution in [0.1, 0.15) is 30.1 Å². The average Bonchev–Trinajstić information content (AvgIpc) is 2.97. The van der Waals surface area contributed by atoms with Crippen molar-refractivity contribution in [1.29, 1.82) is 0 Å². The number of carbonyl (C=O) groups is 1. The van der Waals surface area contributed by atoms with Gasteiger partial charge in [-0.15, -0.1) is 0 Å². The maximum Gasteiger partial charge on any atom is 0.254 e. The second-order valence-electron chi connectivity index (χ2n) is 4.60. The zero-order valence-electron chi connectivity index (χ0n) is 9.09. The van der Waals surface area contributed by atoms with E-state index in [2.05, 4.69) is 17.2 Å². The predicted octanol–water partition coefficient (Wildman–Crippen LogP) is 1.85. The summed E-state index contributed by atoms with van der Waals surface area (Å²) in [6.45, 7) is 2.82. The molecular weight excluding hydrogens is 226 g/mol. The number of anilines is 1. The molecule has 1 aromatic rings. The minimum Gasteiger partial charge on any atom is -0.397 e. The van der Waals surface area contributed by atoms with Gasteiger partial charge in [0.25, 0.3) is 5.91 Å². The Labute approximate surface area is 99.2 Å². The molecule has 0 atom stereocenters. The van der Waals surface area contributed by atoms with Crippen LogP contribution in [0.5, 0.6) is 0 Å². The molecular formula is C11H14ClN3O. The number of nitrogen functional groups attached to an aromatic ring is 1. The van der Waals surface area contributed by atoms with Gasteiger partial charge in [-0.2, -0.15) is 0 Å². The van der Waals surface area contributed by atoms with Crippen molar-refractivity contribution in [2.24, 2.45) is 5.41 Å². The lowest BCUT2D eigenvalue weighted by atomic mass is 10.1. The maximum absolute atomic E-state index is 11.8. The molecule has 16 heavy (non-hydrogen) atoms. The number of carbonyl (C=O) groups excluding carboxylic acids is 1. The summed E-state index contributed by atoms with van der Waals surface area (Å²) >= 11 is 5.83. The number of hydrogen-bond acceptors (Lipinski definition) is 3. The molecule has 4 nitrogen and oxygen atoms in total. The second-order valence-corrected chi connectivity index (χ2v) is 4.96. The molecule has 1 amide bonds. The van der Waals surface area contributed by atoms with E-state index in [1.165, 1.54) is 6.20 Å². The third kappa shape index (κ3) is 2.44. The Balaban J connectivity index is 2.05. The summed E-state index contributed by atoms with van der Waals surface area (Å²) in [5.74, 6) is -0.210. The van der Waals surface area contributed by atoms with Gasteiger partial charge in [-0.05, 0) is 24.3 Å². The smallest absolute Gasteiger partial charge is 0.254 e. The Morgan fingerprint density at radius 2 is 2.38 bits per heavy atom. The van der Waals surface area contributed by atoms with E-state index in [1.807, 2.05) is 0 Å². The van der Waals surface area contributed by atoms with Gasteiger partial charge in [-0.3, -0.25) is 4.79 Å². The number of pyridine rings is 1. The Morgan fingerprint density at radius 3 is 3.00 bits per heavy atom. The largest absolute Gasteiger partial charge is 0.397 e. The Kier molecular flexibility index (Phi) is 2.76. The van der Waals surface area contributed by atoms with Crippen molar-refractivity contribution in [1.82, 2.24) is 10.3 Å². The molecule has 3 N–H and O–H groups in total. The van der Waals surface area contributed by atoms with Crippen molar-refractivity contribution in [2.45, 2.75) is 19.8 Å². The van der Waals surface area contributed by atoms with Crippen molar-refractivity contribution in [3.63, 3.8) is 0 Å². The van der Waals surface area contributed by atoms with Crippen LogP contribution in [0.25, 0.3) is 0 Å². The molecule has 2 rings (SSSR count). The van der Waals surface area contributed by atoms with Gasteiger partial charge in [0.05, 0.1) is 17.4 Å². The van der Waals surface area contributed by atoms with Gasteiger partial charge >= 0.3 is 0 Å². The van der Waals surface area contributed by atoms with E-state index in [0.29, 0.717) is 17.8 Å². The van der Waals surface area contributed by atoms with E-state index in [0.717, 1.165) is 12.8 Å². The summed E-state index contributed by atoms with van der Waals surface area (Å²) < 4.78 is 0. The van der Waals surface area contributed by atoms with Crippen molar-refractivity contribution >= 4 is 23.2 Å². The fourth-order valence-electron chi connectivity index (χ4n) is 1.40. The van der Waals surface area contributed by atoms with Crippen LogP contribution in [0.2, 0.25) is 5.15 Å². The molecule has 1 aliphatic rings. The number of amides is 1. The van der Waals surface area contributed by atoms with Crippen molar-refractivity contribution in [3.8, 4) is 0 Å². The van der Waals surface area contributed by atoms with Crippen molar-refractivity contribution in [2.75, 3.05) is 12.3 Å². The molecule has 1 aliphatic carbocycles. The molecule has 0 bridgehead atoms. The van der Waals surface area contributed by atoms with Gasteiger partial charge < -0.3 is 11.1 Å². The number of nitrogens with zero attached hydrogens (tertiary/aromatic N) is 1. The van der Waals surface area contributed by atoms with Crippen LogP contribution in [0.15, 0.2) is 12.3 Å². The lowest BCUT2D eigenvalue weighted by molar-refractivity contribution is 0.0946. The molecule has 0 aliphatic heterocycles. The summed E-state index contributed by atoms with van der Waals surface area (Å²) in [5.41, 5.74) is 6.61. The average molecular weight is 240 g/mol. The summed E-state index contributed by atoms with van der Waals surface area (Å²) in [6, 6.07) is 1.54. The molecule has 0 aromatic carbocycles. The van der Waals surface area contributed by atoms with Gasteiger partial charge in [-0.25, -0.2) is 4.98 Å². The normalized spacial score (nSPS) is 16.9. The first-order valence-corrected chi connectivity index (χ1v) is 5.57. The van der Waals surface area contributed by atoms with Gasteiger partial charge in [0.1, 0.15) is 5.15 Å². The van der Waals surface area contributed by atoms with Gasteiger partial charge in [-0.1, -0.05) is 18.5 Å². The highest BCUT2D eigenvalue weighted by Crippen LogP contribution is 2.44. The summed E-state index contributed by atoms with van der Waals surface area (Å²) in [4.78, 5) is 15.6. The molecule has 0 spiro atoms. The standard InChI is InChI=1S/C11H14ClN3O/c1-11(2-3-11)6-15-10(16)8-4-7(13)5-14-9(8)12/h4-5H,2-3,6,13H2,1H3,(H,15,16). The molecule has 86 valence electrons. The fraction of sp³-hybridized carbons (Fsp3) is 0.455. The first-order chi connectivity index (χ1) is 7.50. The van der Waals surface area contributed by atoms with E-state index in [9.17, 15) is 4.79 Å². The highest BCUT2D eigenvalue weighted by Gasteiger charge is 2.37. The zero-order chi connectivity index (χ0) is 11.8. The van der Waals surface area contributed by atoms with E-state index >= 15 is 0 Å². The van der Waals surface area contributed by atoms with Crippen LogP contribution >= 0.6 is 11.6 Å². The minimum absolute atomic E-state index is 0.188. The van der Waals surface area contributed by atoms with E-state index in [-0.39, 0.29) is 16.5 Å². The number of hydrogen-bond donors (Lipinski definition) is 2. The number of halogens is 1. The topological polar surface area (TPSA) is 68.0 Å². The summed E-state index contributed by atoms with van der Waals surface area (Å²) in [5, 5.41) is 3.04. The van der Waals surface area contributed by atoms with E-state index in [1.54, 1.807) is 6.07 Å². The molecule has 0 radical (unpaired) electrons. The number of aromatic nitrogens is 1. The van der Waals surface area contributed by atoms with Gasteiger partial charge in [0.15, 0.2) is 0 Å². The Hall–Kier alpha value is -1.29. The van der Waals surface area contributed by atoms with E-state index in [4.69, 9.17) is 17.3 Å². The SMILES string of the molecule is CC1(CNC(=O)c2cc(N)cnc2Cl)CC1. The third-order valence-electron chi connectivity index (χ3n) is 2.88. The van der Waals surface area contributed by atoms with Gasteiger partial charge in [0, 0.05) is 6.54 Å². The highest BCUT2D eigenvalue weighted by molar-refractivity contribution is 6.32. The molecule has 5 heteroatoms. The predicted molar refractivity (Wildman–Crippen MR) is 63.3 cm³/mol. The molecule has 1 fully saturated rings. The van der Waals surface area contributed by atoms with Crippen LogP contribution < -0.4 is 11.1 Å². The number of nitrogens with one attached hydrogen (secondary N) is 1. The van der Waals surface area contributed by atoms with Crippen LogP contribution in [0.3, 0.4) is 0 Å². The maximum atomic E-state index is 11.8. The van der Waals surface area contributed by atoms with Crippen molar-refractivity contribution in [3.05, 3.63) is 23.0 Å².